The van der Waals surface area contributed by atoms with Crippen molar-refractivity contribution >= 4 is 58.4 Å². The Kier molecular flexibility index (Phi) is 55.5. The number of carbonyl (C=O) groups is 4. The smallest absolute Gasteiger partial charge is 0.550 e. The van der Waals surface area contributed by atoms with Crippen LogP contribution in [-0.4, -0.2) is 131 Å². The van der Waals surface area contributed by atoms with Crippen LogP contribution in [0.1, 0.15) is 135 Å². The number of aliphatic carboxylic acids is 1. The van der Waals surface area contributed by atoms with Gasteiger partial charge >= 0.3 is 90.4 Å². The molecule has 3 heterocycles. The van der Waals surface area contributed by atoms with Crippen LogP contribution in [0.15, 0.2) is 153 Å². The van der Waals surface area contributed by atoms with Gasteiger partial charge in [-0.05, 0) is 181 Å². The molecule has 1 amide bonds. The Morgan fingerprint density at radius 2 is 0.737 bits per heavy atom. The van der Waals surface area contributed by atoms with Crippen molar-refractivity contribution in [1.82, 2.24) is 15.0 Å². The van der Waals surface area contributed by atoms with Crippen molar-refractivity contribution in [2.75, 3.05) is 18.9 Å². The number of aromatic nitrogens is 3. The van der Waals surface area contributed by atoms with Gasteiger partial charge < -0.3 is 86.5 Å². The van der Waals surface area contributed by atoms with Gasteiger partial charge in [0.1, 0.15) is 24.5 Å². The molecule has 118 heavy (non-hydrogen) atoms. The number of nitrogens with zero attached hydrogens (tertiary/aromatic N) is 3. The first-order valence-electron chi connectivity index (χ1n) is 34.8. The summed E-state index contributed by atoms with van der Waals surface area (Å²) in [7, 11) is -1.00. The van der Waals surface area contributed by atoms with Gasteiger partial charge in [-0.3, -0.25) is 14.0 Å². The number of primary amides is 1. The molecule has 0 unspecified atom stereocenters. The quantitative estimate of drug-likeness (QED) is 0.0214. The number of aryl methyl sites for hydroxylation is 2. The Balaban J connectivity index is 0. The second-order valence-electron chi connectivity index (χ2n) is 23.7. The summed E-state index contributed by atoms with van der Waals surface area (Å²) in [5.41, 5.74) is 10.1. The molecule has 9 aromatic rings. The number of aliphatic hydroxyl groups is 1. The minimum atomic E-state index is -2.99. The van der Waals surface area contributed by atoms with E-state index < -0.39 is 58.1 Å². The number of hydrogen-bond acceptors (Lipinski definition) is 22. The topological polar surface area (TPSA) is 328 Å². The molecule has 648 valence electrons. The Hall–Kier alpha value is -9.27. The van der Waals surface area contributed by atoms with Gasteiger partial charge in [0.25, 0.3) is 0 Å². The third-order valence-electron chi connectivity index (χ3n) is 12.4. The number of benzene rings is 6. The van der Waals surface area contributed by atoms with E-state index in [2.05, 4.69) is 57.7 Å². The Bertz CT molecular complexity index is 4010. The molecule has 0 saturated carbocycles. The van der Waals surface area contributed by atoms with Crippen LogP contribution in [0.25, 0.3) is 34.4 Å². The van der Waals surface area contributed by atoms with Crippen molar-refractivity contribution in [2.45, 2.75) is 180 Å². The van der Waals surface area contributed by atoms with E-state index in [0.717, 1.165) is 31.2 Å². The Morgan fingerprint density at radius 3 is 0.958 bits per heavy atom. The number of carboxylic acid groups (broad SMARTS) is 2. The molecule has 4 N–H and O–H groups in total. The second-order valence-corrected chi connectivity index (χ2v) is 24.5. The molecule has 0 aliphatic carbocycles. The monoisotopic (exact) mass is 1770 g/mol. The van der Waals surface area contributed by atoms with Gasteiger partial charge in [0.15, 0.2) is 63.3 Å². The van der Waals surface area contributed by atoms with Crippen molar-refractivity contribution in [1.29, 1.82) is 0 Å². The largest absolute Gasteiger partial charge is 1.00 e. The molecule has 0 radical (unpaired) electrons. The van der Waals surface area contributed by atoms with Crippen LogP contribution in [0.4, 0.5) is 48.3 Å². The van der Waals surface area contributed by atoms with Gasteiger partial charge in [-0.25, -0.2) is 19.7 Å². The summed E-state index contributed by atoms with van der Waals surface area (Å²) in [5.74, 6) is -1.48. The summed E-state index contributed by atoms with van der Waals surface area (Å²) in [4.78, 5) is 53.0. The summed E-state index contributed by atoms with van der Waals surface area (Å²) < 4.78 is 203. The molecule has 24 nitrogen and oxygen atoms in total. The van der Waals surface area contributed by atoms with Crippen LogP contribution < -0.4 is 110 Å². The first-order valence-corrected chi connectivity index (χ1v) is 35.7. The van der Waals surface area contributed by atoms with Crippen LogP contribution in [0, 0.1) is 6.92 Å². The summed E-state index contributed by atoms with van der Waals surface area (Å²) in [6, 6.07) is 31.0. The number of nitrogens with two attached hydrogens (primary N) is 1. The average molecular weight is 1770 g/mol. The van der Waals surface area contributed by atoms with Crippen molar-refractivity contribution in [3.8, 4) is 91.9 Å². The van der Waals surface area contributed by atoms with Crippen molar-refractivity contribution in [3.63, 3.8) is 0 Å². The molecule has 0 fully saturated rings. The predicted octanol–water partition coefficient (Wildman–Crippen LogP) is 16.9. The number of ether oxygens (including phenoxy) is 10. The molecule has 0 atom stereocenters. The van der Waals surface area contributed by atoms with Crippen LogP contribution in [0.2, 0.25) is 0 Å². The number of Topliss-reactive ketones (excluding diaryl/α,β-unsaturated/α-hetero) is 1. The number of carboxylic acids is 2. The summed E-state index contributed by atoms with van der Waals surface area (Å²) >= 11 is 15.7. The molecule has 0 aliphatic rings. The molecule has 0 saturated heterocycles. The number of aliphatic hydroxyl groups excluding tert-OH is 1. The van der Waals surface area contributed by atoms with E-state index in [1.54, 1.807) is 99.8 Å². The number of aromatic carboxylic acids is 1. The molecular formula is C79H93Cl3F11KN4O20. The normalized spacial score (nSPS) is 10.4. The molecular weight excluding hydrogens is 1680 g/mol. The molecule has 9 rings (SSSR count). The van der Waals surface area contributed by atoms with E-state index in [1.165, 1.54) is 72.7 Å². The predicted molar refractivity (Wildman–Crippen MR) is 413 cm³/mol. The van der Waals surface area contributed by atoms with Crippen LogP contribution in [0.3, 0.4) is 0 Å². The first kappa shape index (κ1) is 109. The molecule has 0 spiro atoms. The number of carbonyl (C=O) groups excluding carboxylic acids is 3. The van der Waals surface area contributed by atoms with E-state index in [0.29, 0.717) is 39.9 Å². The van der Waals surface area contributed by atoms with Crippen LogP contribution in [0.5, 0.6) is 57.5 Å². The van der Waals surface area contributed by atoms with E-state index >= 15 is 0 Å². The number of amides is 1. The minimum absolute atomic E-state index is 0. The van der Waals surface area contributed by atoms with E-state index in [4.69, 9.17) is 99.0 Å². The molecule has 39 heteroatoms. The average Bonchev–Trinajstić information content (AvgIpc) is 1.79. The third-order valence-corrected chi connectivity index (χ3v) is 13.3. The fourth-order valence-electron chi connectivity index (χ4n) is 8.11. The minimum Gasteiger partial charge on any atom is -0.550 e. The van der Waals surface area contributed by atoms with E-state index in [-0.39, 0.29) is 194 Å². The maximum absolute atomic E-state index is 12.4. The summed E-state index contributed by atoms with van der Waals surface area (Å²) in [6.07, 6.45) is 4.00. The van der Waals surface area contributed by atoms with Gasteiger partial charge in [0.2, 0.25) is 23.6 Å². The Labute approximate surface area is 734 Å². The second kappa shape index (κ2) is 60.2. The van der Waals surface area contributed by atoms with Crippen molar-refractivity contribution in [2.24, 2.45) is 5.73 Å². The zero-order chi connectivity index (χ0) is 88.6. The van der Waals surface area contributed by atoms with Gasteiger partial charge in [-0.15, -0.1) is 34.8 Å². The van der Waals surface area contributed by atoms with Gasteiger partial charge in [-0.2, -0.15) is 43.9 Å². The van der Waals surface area contributed by atoms with Crippen LogP contribution >= 0.6 is 34.8 Å². The standard InChI is InChI=1S/C15H17F2NO3.C14H14ClF2NO3.C14H15F2NO4.C11H13F2NO3.C11H12F2O4.C7H8.C3H4Cl2O.C2H4O2.CH3F.CH4.K/c1-4-11-8-19-14(18-11)10-5-6-12(21-15(16)17)13(7-10)20-9(2)3;1-8(2)20-12-5-9(3-4-11(12)21-14(16)17)13-18-10(6-15)7-19-13;1-8(2)20-12-5-9(3-4-11(12)21-14(15)16)13-17-10(6-18)7-19-13;2*1-6(2)16-9-5-7(10(14)15)3-4-8(9)17-11(12)13;1-7-5-3-2-4-6-7;4-1-3(6)2-5;1-2(3)4;1-2;;/h5-9,15H,4H2,1-3H3;3-5,7-8,14H,6H2,1-2H3;3-5,7-8,14,18H,6H2,1-2H3;3-6,11H,1-2H3,(H2,14,15);3-6,11H,1-2H3,(H,14,15);2-6H,1H3;1-2H2;1H3,(H,3,4);1H3;1H4;/q;;;;;;;;;;+1/p-1/i;;;;;;;;1D;;. The number of ketones is 1. The molecule has 3 aromatic heterocycles. The third kappa shape index (κ3) is 46.2. The Morgan fingerprint density at radius 1 is 0.466 bits per heavy atom. The van der Waals surface area contributed by atoms with Gasteiger partial charge in [-0.1, -0.05) is 50.2 Å². The number of hydrogen-bond donors (Lipinski definition) is 3. The SMILES string of the molecule is C.CC(=O)[O-].CC(C)Oc1cc(-c2nc(CCl)co2)ccc1OC(F)F.CC(C)Oc1cc(-c2nc(CO)co2)ccc1OC(F)F.CC(C)Oc1cc(C(=O)O)ccc1OC(F)F.CC(C)Oc1cc(C(N)=O)ccc1OC(F)F.CCc1coc(-c2ccc(OC(F)F)c(OC(C)C)c2)n1.Cc1ccccc1.O=C(CCl)CCl.[2H]CF.[K+]. The molecule has 0 aliphatic heterocycles. The van der Waals surface area contributed by atoms with Crippen molar-refractivity contribution in [3.05, 3.63) is 174 Å². The zero-order valence-electron chi connectivity index (χ0n) is 66.7. The summed E-state index contributed by atoms with van der Waals surface area (Å²) in [5, 5.41) is 26.6. The molecule has 0 bridgehead atoms. The fraction of sp³-hybridized carbons (Fsp3) is 0.380. The van der Waals surface area contributed by atoms with Crippen molar-refractivity contribution < 1.29 is 196 Å². The zero-order valence-corrected chi connectivity index (χ0v) is 71.1. The van der Waals surface area contributed by atoms with E-state index in [1.807, 2.05) is 25.1 Å². The molecule has 6 aromatic carbocycles. The summed E-state index contributed by atoms with van der Waals surface area (Å²) in [6.45, 7) is 7.64. The van der Waals surface area contributed by atoms with E-state index in [9.17, 15) is 62.7 Å². The van der Waals surface area contributed by atoms with Gasteiger partial charge in [0, 0.05) is 28.2 Å². The fourth-order valence-corrected chi connectivity index (χ4v) is 8.52. The van der Waals surface area contributed by atoms with Gasteiger partial charge in [0.05, 0.1) is 80.2 Å². The van der Waals surface area contributed by atoms with Crippen LogP contribution in [-0.2, 0) is 28.5 Å². The number of rotatable bonds is 30. The maximum atomic E-state index is 12.4. The first-order chi connectivity index (χ1) is 55.1. The number of oxazole rings is 3. The number of alkyl halides is 14. The number of halogens is 14. The maximum Gasteiger partial charge on any atom is 1.00 e.